The number of carbonyl (C=O) groups is 1. The van der Waals surface area contributed by atoms with Crippen LogP contribution < -0.4 is 15.4 Å². The van der Waals surface area contributed by atoms with Crippen molar-refractivity contribution < 1.29 is 9.53 Å². The quantitative estimate of drug-likeness (QED) is 0.732. The number of carbonyl (C=O) groups excluding carboxylic acids is 1. The summed E-state index contributed by atoms with van der Waals surface area (Å²) in [6.07, 6.45) is 0. The van der Waals surface area contributed by atoms with Crippen LogP contribution in [0.1, 0.15) is 30.9 Å². The highest BCUT2D eigenvalue weighted by molar-refractivity contribution is 6.30. The first-order valence-corrected chi connectivity index (χ1v) is 8.41. The number of ether oxygens (including phenoxy) is 1. The summed E-state index contributed by atoms with van der Waals surface area (Å²) >= 11 is 5.82. The van der Waals surface area contributed by atoms with Crippen molar-refractivity contribution in [3.63, 3.8) is 0 Å². The Balaban J connectivity index is 1.63. The van der Waals surface area contributed by atoms with E-state index < -0.39 is 0 Å². The van der Waals surface area contributed by atoms with Gasteiger partial charge in [0.25, 0.3) is 0 Å². The van der Waals surface area contributed by atoms with E-state index in [-0.39, 0.29) is 6.03 Å². The predicted octanol–water partition coefficient (Wildman–Crippen LogP) is 4.34. The molecule has 0 radical (unpaired) electrons. The zero-order valence-electron chi connectivity index (χ0n) is 14.0. The average Bonchev–Trinajstić information content (AvgIpc) is 2.58. The fourth-order valence-corrected chi connectivity index (χ4v) is 2.26. The van der Waals surface area contributed by atoms with E-state index >= 15 is 0 Å². The summed E-state index contributed by atoms with van der Waals surface area (Å²) in [5, 5.41) is 6.23. The van der Waals surface area contributed by atoms with Crippen molar-refractivity contribution in [3.05, 3.63) is 64.7 Å². The molecule has 0 bridgehead atoms. The highest BCUT2D eigenvalue weighted by Crippen LogP contribution is 2.18. The summed E-state index contributed by atoms with van der Waals surface area (Å²) < 4.78 is 5.61. The maximum absolute atomic E-state index is 11.7. The van der Waals surface area contributed by atoms with Gasteiger partial charge in [-0.3, -0.25) is 0 Å². The second-order valence-electron chi connectivity index (χ2n) is 5.81. The molecule has 2 aromatic carbocycles. The number of urea groups is 1. The zero-order chi connectivity index (χ0) is 17.4. The average molecular weight is 347 g/mol. The van der Waals surface area contributed by atoms with Gasteiger partial charge in [-0.1, -0.05) is 49.7 Å². The van der Waals surface area contributed by atoms with Crippen LogP contribution in [0.4, 0.5) is 4.79 Å². The van der Waals surface area contributed by atoms with Gasteiger partial charge >= 0.3 is 6.03 Å². The number of hydrogen-bond donors (Lipinski definition) is 2. The molecule has 4 nitrogen and oxygen atoms in total. The van der Waals surface area contributed by atoms with Crippen LogP contribution in [0.15, 0.2) is 48.5 Å². The summed E-state index contributed by atoms with van der Waals surface area (Å²) in [5.41, 5.74) is 2.28. The van der Waals surface area contributed by atoms with Crippen LogP contribution in [0.25, 0.3) is 0 Å². The van der Waals surface area contributed by atoms with E-state index in [1.807, 2.05) is 24.3 Å². The van der Waals surface area contributed by atoms with Gasteiger partial charge < -0.3 is 15.4 Å². The Labute approximate surface area is 148 Å². The Kier molecular flexibility index (Phi) is 6.94. The van der Waals surface area contributed by atoms with Gasteiger partial charge in [-0.15, -0.1) is 0 Å². The third kappa shape index (κ3) is 6.13. The normalized spacial score (nSPS) is 10.5. The Morgan fingerprint density at radius 2 is 1.71 bits per heavy atom. The molecule has 0 unspecified atom stereocenters. The van der Waals surface area contributed by atoms with E-state index in [9.17, 15) is 4.79 Å². The molecule has 0 heterocycles. The molecule has 5 heteroatoms. The number of rotatable bonds is 7. The lowest BCUT2D eigenvalue weighted by Crippen LogP contribution is -2.37. The highest BCUT2D eigenvalue weighted by Gasteiger charge is 2.02. The molecule has 0 fully saturated rings. The van der Waals surface area contributed by atoms with E-state index in [2.05, 4.69) is 36.6 Å². The smallest absolute Gasteiger partial charge is 0.315 e. The first-order valence-electron chi connectivity index (χ1n) is 8.03. The predicted molar refractivity (Wildman–Crippen MR) is 97.7 cm³/mol. The second-order valence-corrected chi connectivity index (χ2v) is 6.24. The third-order valence-corrected chi connectivity index (χ3v) is 3.82. The van der Waals surface area contributed by atoms with Gasteiger partial charge in [0.2, 0.25) is 0 Å². The van der Waals surface area contributed by atoms with E-state index in [4.69, 9.17) is 16.3 Å². The molecule has 0 aliphatic carbocycles. The van der Waals surface area contributed by atoms with E-state index in [1.165, 1.54) is 5.56 Å². The number of hydrogen-bond acceptors (Lipinski definition) is 2. The molecular weight excluding hydrogens is 324 g/mol. The van der Waals surface area contributed by atoms with Crippen molar-refractivity contribution in [2.45, 2.75) is 26.3 Å². The van der Waals surface area contributed by atoms with E-state index in [0.717, 1.165) is 11.3 Å². The fraction of sp³-hybridized carbons (Fsp3) is 0.316. The topological polar surface area (TPSA) is 50.4 Å². The molecule has 0 saturated heterocycles. The van der Waals surface area contributed by atoms with Gasteiger partial charge in [0.05, 0.1) is 6.54 Å². The first kappa shape index (κ1) is 18.1. The van der Waals surface area contributed by atoms with Crippen LogP contribution >= 0.6 is 11.6 Å². The summed E-state index contributed by atoms with van der Waals surface area (Å²) in [6.45, 7) is 5.64. The minimum absolute atomic E-state index is 0.219. The summed E-state index contributed by atoms with van der Waals surface area (Å²) in [4.78, 5) is 11.7. The Bertz CT molecular complexity index is 639. The molecule has 2 aromatic rings. The Morgan fingerprint density at radius 1 is 1.04 bits per heavy atom. The van der Waals surface area contributed by atoms with Gasteiger partial charge in [-0.2, -0.15) is 0 Å². The van der Waals surface area contributed by atoms with Crippen LogP contribution in [0.5, 0.6) is 5.75 Å². The van der Waals surface area contributed by atoms with Crippen molar-refractivity contribution in [1.82, 2.24) is 10.6 Å². The van der Waals surface area contributed by atoms with E-state index in [1.54, 1.807) is 12.1 Å². The van der Waals surface area contributed by atoms with Crippen molar-refractivity contribution >= 4 is 17.6 Å². The van der Waals surface area contributed by atoms with Crippen LogP contribution in [0, 0.1) is 0 Å². The van der Waals surface area contributed by atoms with Gasteiger partial charge in [0.15, 0.2) is 0 Å². The molecule has 2 N–H and O–H groups in total. The molecule has 24 heavy (non-hydrogen) atoms. The van der Waals surface area contributed by atoms with Crippen molar-refractivity contribution in [2.75, 3.05) is 13.2 Å². The lowest BCUT2D eigenvalue weighted by atomic mass is 10.0. The molecule has 0 saturated carbocycles. The molecule has 2 rings (SSSR count). The standard InChI is InChI=1S/C19H23ClN2O2/c1-14(2)16-5-9-18(10-6-16)24-12-11-21-19(23)22-13-15-3-7-17(20)8-4-15/h3-10,14H,11-13H2,1-2H3,(H2,21,22,23). The minimum atomic E-state index is -0.219. The molecule has 0 aromatic heterocycles. The van der Waals surface area contributed by atoms with E-state index in [0.29, 0.717) is 30.6 Å². The molecule has 0 atom stereocenters. The van der Waals surface area contributed by atoms with Gasteiger partial charge in [-0.25, -0.2) is 4.79 Å². The summed E-state index contributed by atoms with van der Waals surface area (Å²) in [6, 6.07) is 15.2. The molecule has 2 amide bonds. The van der Waals surface area contributed by atoms with Crippen molar-refractivity contribution in [3.8, 4) is 5.75 Å². The molecular formula is C19H23ClN2O2. The number of nitrogens with one attached hydrogen (secondary N) is 2. The largest absolute Gasteiger partial charge is 0.492 e. The first-order chi connectivity index (χ1) is 11.5. The minimum Gasteiger partial charge on any atom is -0.492 e. The Morgan fingerprint density at radius 3 is 2.33 bits per heavy atom. The molecule has 0 spiro atoms. The highest BCUT2D eigenvalue weighted by atomic mass is 35.5. The maximum Gasteiger partial charge on any atom is 0.315 e. The summed E-state index contributed by atoms with van der Waals surface area (Å²) in [7, 11) is 0. The van der Waals surface area contributed by atoms with Crippen LogP contribution in [0.3, 0.4) is 0 Å². The number of amides is 2. The van der Waals surface area contributed by atoms with Gasteiger partial charge in [0, 0.05) is 11.6 Å². The Hall–Kier alpha value is -2.20. The molecule has 0 aliphatic heterocycles. The number of halogens is 1. The van der Waals surface area contributed by atoms with Crippen LogP contribution in [-0.2, 0) is 6.54 Å². The van der Waals surface area contributed by atoms with Gasteiger partial charge in [-0.05, 0) is 41.3 Å². The maximum atomic E-state index is 11.7. The summed E-state index contributed by atoms with van der Waals surface area (Å²) in [5.74, 6) is 1.31. The van der Waals surface area contributed by atoms with Crippen molar-refractivity contribution in [2.24, 2.45) is 0 Å². The van der Waals surface area contributed by atoms with Gasteiger partial charge in [0.1, 0.15) is 12.4 Å². The van der Waals surface area contributed by atoms with Crippen LogP contribution in [0.2, 0.25) is 5.02 Å². The second kappa shape index (κ2) is 9.18. The van der Waals surface area contributed by atoms with Crippen molar-refractivity contribution in [1.29, 1.82) is 0 Å². The van der Waals surface area contributed by atoms with Crippen LogP contribution in [-0.4, -0.2) is 19.2 Å². The molecule has 0 aliphatic rings. The zero-order valence-corrected chi connectivity index (χ0v) is 14.8. The monoisotopic (exact) mass is 346 g/mol. The third-order valence-electron chi connectivity index (χ3n) is 3.57. The molecule has 128 valence electrons. The lowest BCUT2D eigenvalue weighted by Gasteiger charge is -2.10. The fourth-order valence-electron chi connectivity index (χ4n) is 2.13. The number of benzene rings is 2. The SMILES string of the molecule is CC(C)c1ccc(OCCNC(=O)NCc2ccc(Cl)cc2)cc1. The lowest BCUT2D eigenvalue weighted by molar-refractivity contribution is 0.236.